The van der Waals surface area contributed by atoms with Gasteiger partial charge in [0.2, 0.25) is 0 Å². The van der Waals surface area contributed by atoms with Crippen molar-refractivity contribution in [3.8, 4) is 0 Å². The van der Waals surface area contributed by atoms with E-state index in [1.54, 1.807) is 12.1 Å². The molecule has 1 saturated carbocycles. The van der Waals surface area contributed by atoms with Crippen molar-refractivity contribution in [2.24, 2.45) is 29.6 Å². The van der Waals surface area contributed by atoms with E-state index in [0.717, 1.165) is 31.2 Å². The van der Waals surface area contributed by atoms with Gasteiger partial charge in [-0.3, -0.25) is 9.59 Å². The van der Waals surface area contributed by atoms with E-state index in [9.17, 15) is 14.0 Å². The molecule has 0 heterocycles. The van der Waals surface area contributed by atoms with Gasteiger partial charge >= 0.3 is 11.9 Å². The number of carbonyl (C=O) groups excluding carboxylic acids is 2. The largest absolute Gasteiger partial charge is 0.461 e. The zero-order valence-electron chi connectivity index (χ0n) is 25.8. The topological polar surface area (TPSA) is 61.8 Å². The molecule has 1 aliphatic carbocycles. The number of ether oxygens (including phenoxy) is 3. The van der Waals surface area contributed by atoms with Crippen molar-refractivity contribution in [1.82, 2.24) is 0 Å². The molecule has 2 aromatic carbocycles. The van der Waals surface area contributed by atoms with Gasteiger partial charge < -0.3 is 14.2 Å². The summed E-state index contributed by atoms with van der Waals surface area (Å²) in [5.74, 6) is 1.02. The molecule has 0 amide bonds. The third-order valence-electron chi connectivity index (χ3n) is 8.16. The van der Waals surface area contributed by atoms with Gasteiger partial charge in [-0.1, -0.05) is 76.1 Å². The normalized spacial score (nSPS) is 18.8. The van der Waals surface area contributed by atoms with Crippen LogP contribution in [0.15, 0.2) is 48.5 Å². The number of hydrogen-bond donors (Lipinski definition) is 0. The molecule has 5 atom stereocenters. The Bertz CT molecular complexity index is 1110. The number of halogens is 1. The quantitative estimate of drug-likeness (QED) is 0.192. The Balaban J connectivity index is 1.39. The molecule has 0 aliphatic heterocycles. The minimum atomic E-state index is -0.562. The minimum Gasteiger partial charge on any atom is -0.461 e. The van der Waals surface area contributed by atoms with E-state index in [1.165, 1.54) is 12.5 Å². The Kier molecular flexibility index (Phi) is 12.4. The van der Waals surface area contributed by atoms with E-state index in [2.05, 4.69) is 13.8 Å². The molecular formula is C35H49FO5. The predicted octanol–water partition coefficient (Wildman–Crippen LogP) is 8.07. The summed E-state index contributed by atoms with van der Waals surface area (Å²) in [6.45, 7) is 13.0. The van der Waals surface area contributed by atoms with Crippen LogP contribution in [0.25, 0.3) is 0 Å². The zero-order chi connectivity index (χ0) is 30.0. The van der Waals surface area contributed by atoms with Gasteiger partial charge in [0, 0.05) is 5.56 Å². The highest BCUT2D eigenvalue weighted by Gasteiger charge is 2.42. The monoisotopic (exact) mass is 568 g/mol. The SMILES string of the molecule is CCCC(CCC(C)C(C)C(=O)OCc1ccccc1)C1CC1COCc1ccc(CC(=O)OC(C)(C)C)cc1F. The summed E-state index contributed by atoms with van der Waals surface area (Å²) in [7, 11) is 0. The average Bonchev–Trinajstić information content (AvgIpc) is 3.69. The van der Waals surface area contributed by atoms with Crippen LogP contribution in [0.1, 0.15) is 90.3 Å². The van der Waals surface area contributed by atoms with E-state index in [4.69, 9.17) is 14.2 Å². The summed E-state index contributed by atoms with van der Waals surface area (Å²) >= 11 is 0. The highest BCUT2D eigenvalue weighted by molar-refractivity contribution is 5.73. The van der Waals surface area contributed by atoms with Crippen molar-refractivity contribution < 1.29 is 28.2 Å². The van der Waals surface area contributed by atoms with Crippen LogP contribution in [-0.2, 0) is 43.4 Å². The van der Waals surface area contributed by atoms with Gasteiger partial charge in [-0.15, -0.1) is 0 Å². The van der Waals surface area contributed by atoms with Gasteiger partial charge in [-0.25, -0.2) is 4.39 Å². The third-order valence-corrected chi connectivity index (χ3v) is 8.16. The van der Waals surface area contributed by atoms with Gasteiger partial charge in [-0.05, 0) is 80.9 Å². The van der Waals surface area contributed by atoms with Gasteiger partial charge in [0.05, 0.1) is 25.6 Å². The van der Waals surface area contributed by atoms with Crippen molar-refractivity contribution in [3.05, 3.63) is 71.0 Å². The van der Waals surface area contributed by atoms with E-state index in [-0.39, 0.29) is 42.6 Å². The summed E-state index contributed by atoms with van der Waals surface area (Å²) in [5.41, 5.74) is 1.54. The summed E-state index contributed by atoms with van der Waals surface area (Å²) in [5, 5.41) is 0. The molecule has 2 aromatic rings. The fourth-order valence-electron chi connectivity index (χ4n) is 5.49. The predicted molar refractivity (Wildman–Crippen MR) is 159 cm³/mol. The lowest BCUT2D eigenvalue weighted by molar-refractivity contribution is -0.154. The molecule has 5 nitrogen and oxygen atoms in total. The van der Waals surface area contributed by atoms with Crippen LogP contribution >= 0.6 is 0 Å². The first-order chi connectivity index (χ1) is 19.5. The van der Waals surface area contributed by atoms with Crippen LogP contribution in [0, 0.1) is 35.4 Å². The second kappa shape index (κ2) is 15.5. The van der Waals surface area contributed by atoms with Crippen LogP contribution in [-0.4, -0.2) is 24.1 Å². The second-order valence-electron chi connectivity index (χ2n) is 12.8. The first kappa shape index (κ1) is 32.8. The third kappa shape index (κ3) is 11.2. The van der Waals surface area contributed by atoms with Crippen LogP contribution < -0.4 is 0 Å². The first-order valence-electron chi connectivity index (χ1n) is 15.2. The van der Waals surface area contributed by atoms with E-state index in [1.807, 2.05) is 58.0 Å². The molecule has 0 radical (unpaired) electrons. The molecule has 0 bridgehead atoms. The maximum atomic E-state index is 14.7. The Hall–Kier alpha value is -2.73. The van der Waals surface area contributed by atoms with Gasteiger partial charge in [-0.2, -0.15) is 0 Å². The van der Waals surface area contributed by atoms with E-state index >= 15 is 0 Å². The zero-order valence-corrected chi connectivity index (χ0v) is 25.8. The van der Waals surface area contributed by atoms with Crippen molar-refractivity contribution in [2.45, 2.75) is 98.9 Å². The number of rotatable bonds is 16. The molecular weight excluding hydrogens is 519 g/mol. The fraction of sp³-hybridized carbons (Fsp3) is 0.600. The Morgan fingerprint density at radius 1 is 0.976 bits per heavy atom. The van der Waals surface area contributed by atoms with E-state index < -0.39 is 5.60 Å². The van der Waals surface area contributed by atoms with E-state index in [0.29, 0.717) is 42.1 Å². The molecule has 1 fully saturated rings. The van der Waals surface area contributed by atoms with Gasteiger partial charge in [0.25, 0.3) is 0 Å². The standard InChI is InChI=1S/C35H49FO5/c1-7-11-28(16-14-24(2)25(3)34(38)40-21-26-12-9-8-10-13-26)31-20-30(31)23-39-22-29-17-15-27(18-32(29)36)19-33(37)41-35(4,5)6/h8-10,12-13,15,17-18,24-25,28,30-31H,7,11,14,16,19-23H2,1-6H3. The maximum absolute atomic E-state index is 14.7. The number of carbonyl (C=O) groups is 2. The summed E-state index contributed by atoms with van der Waals surface area (Å²) in [4.78, 5) is 24.7. The maximum Gasteiger partial charge on any atom is 0.310 e. The lowest BCUT2D eigenvalue weighted by atomic mass is 9.84. The Morgan fingerprint density at radius 3 is 2.37 bits per heavy atom. The van der Waals surface area contributed by atoms with Crippen molar-refractivity contribution >= 4 is 11.9 Å². The van der Waals surface area contributed by atoms with Crippen LogP contribution in [0.3, 0.4) is 0 Å². The number of esters is 2. The number of hydrogen-bond acceptors (Lipinski definition) is 5. The summed E-state index contributed by atoms with van der Waals surface area (Å²) in [6.07, 6.45) is 5.60. The molecule has 0 aromatic heterocycles. The highest BCUT2D eigenvalue weighted by Crippen LogP contribution is 2.48. The van der Waals surface area contributed by atoms with Crippen molar-refractivity contribution in [1.29, 1.82) is 0 Å². The van der Waals surface area contributed by atoms with Gasteiger partial charge in [0.1, 0.15) is 18.0 Å². The first-order valence-corrected chi connectivity index (χ1v) is 15.2. The van der Waals surface area contributed by atoms with Crippen LogP contribution in [0.5, 0.6) is 0 Å². The van der Waals surface area contributed by atoms with Gasteiger partial charge in [0.15, 0.2) is 0 Å². The molecule has 1 aliphatic rings. The lowest BCUT2D eigenvalue weighted by Gasteiger charge is -2.22. The fourth-order valence-corrected chi connectivity index (χ4v) is 5.49. The molecule has 41 heavy (non-hydrogen) atoms. The summed E-state index contributed by atoms with van der Waals surface area (Å²) in [6, 6.07) is 14.7. The second-order valence-corrected chi connectivity index (χ2v) is 12.8. The highest BCUT2D eigenvalue weighted by atomic mass is 19.1. The van der Waals surface area contributed by atoms with Crippen molar-refractivity contribution in [3.63, 3.8) is 0 Å². The molecule has 6 heteroatoms. The Labute approximate surface area is 246 Å². The molecule has 5 unspecified atom stereocenters. The molecule has 0 spiro atoms. The van der Waals surface area contributed by atoms with Crippen LogP contribution in [0.2, 0.25) is 0 Å². The van der Waals surface area contributed by atoms with Crippen LogP contribution in [0.4, 0.5) is 4.39 Å². The minimum absolute atomic E-state index is 0.0458. The summed E-state index contributed by atoms with van der Waals surface area (Å²) < 4.78 is 31.5. The van der Waals surface area contributed by atoms with Crippen molar-refractivity contribution in [2.75, 3.05) is 6.61 Å². The lowest BCUT2D eigenvalue weighted by Crippen LogP contribution is -2.24. The molecule has 0 N–H and O–H groups in total. The molecule has 3 rings (SSSR count). The number of benzene rings is 2. The smallest absolute Gasteiger partial charge is 0.310 e. The average molecular weight is 569 g/mol. The molecule has 226 valence electrons. The Morgan fingerprint density at radius 2 is 1.71 bits per heavy atom. The molecule has 0 saturated heterocycles.